The highest BCUT2D eigenvalue weighted by Crippen LogP contribution is 2.19. The maximum absolute atomic E-state index is 12.4. The van der Waals surface area contributed by atoms with Crippen LogP contribution in [-0.2, 0) is 28.6 Å². The van der Waals surface area contributed by atoms with E-state index in [0.717, 1.165) is 13.1 Å². The minimum atomic E-state index is -1.79. The summed E-state index contributed by atoms with van der Waals surface area (Å²) in [5.74, 6) is -2.04. The fraction of sp³-hybridized carbons (Fsp3) is 0.812. The maximum atomic E-state index is 12.4. The molecule has 1 amide bonds. The van der Waals surface area contributed by atoms with Crippen LogP contribution in [0.5, 0.6) is 0 Å². The van der Waals surface area contributed by atoms with Gasteiger partial charge in [0.1, 0.15) is 0 Å². The van der Waals surface area contributed by atoms with E-state index in [1.807, 2.05) is 0 Å². The van der Waals surface area contributed by atoms with Gasteiger partial charge in [-0.25, -0.2) is 9.59 Å². The number of ether oxygens (including phenoxy) is 3. The maximum Gasteiger partial charge on any atom is 0.343 e. The molecule has 0 saturated carbocycles. The van der Waals surface area contributed by atoms with Gasteiger partial charge in [0.25, 0.3) is 0 Å². The Hall–Kier alpha value is -1.67. The predicted molar refractivity (Wildman–Crippen MR) is 86.3 cm³/mol. The Bertz CT molecular complexity index is 416. The SMILES string of the molecule is CCOC(=O)C(CCCN1CCOCC1)(NC(C)=O)C(=O)OCC. The van der Waals surface area contributed by atoms with E-state index in [4.69, 9.17) is 14.2 Å². The number of esters is 2. The molecule has 0 bridgehead atoms. The fourth-order valence-electron chi connectivity index (χ4n) is 2.65. The van der Waals surface area contributed by atoms with Crippen LogP contribution in [-0.4, -0.2) is 74.3 Å². The van der Waals surface area contributed by atoms with Crippen molar-refractivity contribution in [3.05, 3.63) is 0 Å². The molecule has 0 spiro atoms. The molecule has 0 aromatic heterocycles. The van der Waals surface area contributed by atoms with Crippen molar-refractivity contribution in [3.8, 4) is 0 Å². The highest BCUT2D eigenvalue weighted by molar-refractivity contribution is 6.07. The molecule has 0 aromatic rings. The van der Waals surface area contributed by atoms with E-state index in [-0.39, 0.29) is 19.6 Å². The van der Waals surface area contributed by atoms with Crippen LogP contribution in [0.1, 0.15) is 33.6 Å². The van der Waals surface area contributed by atoms with Gasteiger partial charge in [-0.2, -0.15) is 0 Å². The number of hydrogen-bond donors (Lipinski definition) is 1. The van der Waals surface area contributed by atoms with Crippen molar-refractivity contribution in [2.75, 3.05) is 46.1 Å². The Morgan fingerprint density at radius 3 is 2.08 bits per heavy atom. The Morgan fingerprint density at radius 1 is 1.08 bits per heavy atom. The lowest BCUT2D eigenvalue weighted by Gasteiger charge is -2.31. The molecule has 0 atom stereocenters. The van der Waals surface area contributed by atoms with Crippen molar-refractivity contribution in [2.45, 2.75) is 39.2 Å². The van der Waals surface area contributed by atoms with Gasteiger partial charge in [-0.3, -0.25) is 9.69 Å². The standard InChI is InChI=1S/C16H28N2O6/c1-4-23-14(20)16(17-13(3)19,15(21)24-5-2)7-6-8-18-9-11-22-12-10-18/h4-12H2,1-3H3,(H,17,19). The van der Waals surface area contributed by atoms with E-state index in [1.165, 1.54) is 6.92 Å². The monoisotopic (exact) mass is 344 g/mol. The summed E-state index contributed by atoms with van der Waals surface area (Å²) in [6, 6.07) is 0. The third-order valence-corrected chi connectivity index (χ3v) is 3.77. The molecule has 1 aliphatic rings. The molecule has 0 unspecified atom stereocenters. The summed E-state index contributed by atoms with van der Waals surface area (Å²) in [6.45, 7) is 8.45. The second kappa shape index (κ2) is 10.2. The number of carbonyl (C=O) groups excluding carboxylic acids is 3. The minimum Gasteiger partial charge on any atom is -0.464 e. The van der Waals surface area contributed by atoms with Crippen LogP contribution < -0.4 is 5.32 Å². The minimum absolute atomic E-state index is 0.114. The van der Waals surface area contributed by atoms with Crippen molar-refractivity contribution < 1.29 is 28.6 Å². The largest absolute Gasteiger partial charge is 0.464 e. The zero-order chi connectivity index (χ0) is 18.0. The second-order valence-electron chi connectivity index (χ2n) is 5.59. The van der Waals surface area contributed by atoms with Crippen LogP contribution >= 0.6 is 0 Å². The molecule has 0 radical (unpaired) electrons. The van der Waals surface area contributed by atoms with E-state index < -0.39 is 23.4 Å². The van der Waals surface area contributed by atoms with Gasteiger partial charge in [0.05, 0.1) is 26.4 Å². The molecular weight excluding hydrogens is 316 g/mol. The highest BCUT2D eigenvalue weighted by atomic mass is 16.6. The molecular formula is C16H28N2O6. The van der Waals surface area contributed by atoms with Crippen LogP contribution in [0.25, 0.3) is 0 Å². The van der Waals surface area contributed by atoms with Gasteiger partial charge in [0.15, 0.2) is 0 Å². The van der Waals surface area contributed by atoms with Gasteiger partial charge < -0.3 is 19.5 Å². The first-order valence-corrected chi connectivity index (χ1v) is 8.39. The smallest absolute Gasteiger partial charge is 0.343 e. The molecule has 8 heteroatoms. The summed E-state index contributed by atoms with van der Waals surface area (Å²) in [6.07, 6.45) is 0.666. The number of carbonyl (C=O) groups is 3. The van der Waals surface area contributed by atoms with E-state index in [9.17, 15) is 14.4 Å². The highest BCUT2D eigenvalue weighted by Gasteiger charge is 2.49. The molecule has 24 heavy (non-hydrogen) atoms. The summed E-state index contributed by atoms with van der Waals surface area (Å²) < 4.78 is 15.4. The van der Waals surface area contributed by atoms with Gasteiger partial charge in [0, 0.05) is 20.0 Å². The second-order valence-corrected chi connectivity index (χ2v) is 5.59. The quantitative estimate of drug-likeness (QED) is 0.468. The molecule has 138 valence electrons. The van der Waals surface area contributed by atoms with Crippen LogP contribution in [0.3, 0.4) is 0 Å². The third-order valence-electron chi connectivity index (χ3n) is 3.77. The lowest BCUT2D eigenvalue weighted by Crippen LogP contribution is -2.61. The van der Waals surface area contributed by atoms with Gasteiger partial charge in [-0.15, -0.1) is 0 Å². The van der Waals surface area contributed by atoms with Crippen molar-refractivity contribution in [3.63, 3.8) is 0 Å². The van der Waals surface area contributed by atoms with Crippen LogP contribution in [0, 0.1) is 0 Å². The topological polar surface area (TPSA) is 94.2 Å². The molecule has 8 nitrogen and oxygen atoms in total. The van der Waals surface area contributed by atoms with Crippen LogP contribution in [0.15, 0.2) is 0 Å². The number of hydrogen-bond acceptors (Lipinski definition) is 7. The molecule has 1 aliphatic heterocycles. The zero-order valence-corrected chi connectivity index (χ0v) is 14.8. The van der Waals surface area contributed by atoms with E-state index in [0.29, 0.717) is 26.2 Å². The molecule has 1 heterocycles. The van der Waals surface area contributed by atoms with Gasteiger partial charge in [0.2, 0.25) is 11.4 Å². The average Bonchev–Trinajstić information content (AvgIpc) is 2.54. The summed E-state index contributed by atoms with van der Waals surface area (Å²) in [4.78, 5) is 38.6. The molecule has 1 N–H and O–H groups in total. The first kappa shape index (κ1) is 20.4. The lowest BCUT2D eigenvalue weighted by molar-refractivity contribution is -0.168. The normalized spacial score (nSPS) is 15.6. The van der Waals surface area contributed by atoms with Gasteiger partial charge in [-0.05, 0) is 33.2 Å². The summed E-state index contributed by atoms with van der Waals surface area (Å²) >= 11 is 0. The summed E-state index contributed by atoms with van der Waals surface area (Å²) in [5.41, 5.74) is -1.79. The Labute approximate surface area is 142 Å². The molecule has 0 aliphatic carbocycles. The predicted octanol–water partition coefficient (Wildman–Crippen LogP) is 0.0999. The first-order chi connectivity index (χ1) is 11.5. The first-order valence-electron chi connectivity index (χ1n) is 8.39. The van der Waals surface area contributed by atoms with E-state index in [1.54, 1.807) is 13.8 Å². The van der Waals surface area contributed by atoms with Crippen LogP contribution in [0.4, 0.5) is 0 Å². The lowest BCUT2D eigenvalue weighted by atomic mass is 9.92. The number of nitrogens with one attached hydrogen (secondary N) is 1. The fourth-order valence-corrected chi connectivity index (χ4v) is 2.65. The Morgan fingerprint density at radius 2 is 1.62 bits per heavy atom. The van der Waals surface area contributed by atoms with Crippen molar-refractivity contribution in [1.29, 1.82) is 0 Å². The zero-order valence-electron chi connectivity index (χ0n) is 14.8. The Balaban J connectivity index is 2.84. The summed E-state index contributed by atoms with van der Waals surface area (Å²) in [7, 11) is 0. The summed E-state index contributed by atoms with van der Waals surface area (Å²) in [5, 5.41) is 2.47. The molecule has 1 fully saturated rings. The number of amides is 1. The van der Waals surface area contributed by atoms with Crippen molar-refractivity contribution in [2.24, 2.45) is 0 Å². The third kappa shape index (κ3) is 5.76. The Kier molecular flexibility index (Phi) is 8.70. The molecule has 1 rings (SSSR count). The van der Waals surface area contributed by atoms with E-state index >= 15 is 0 Å². The number of rotatable bonds is 9. The van der Waals surface area contributed by atoms with Crippen LogP contribution in [0.2, 0.25) is 0 Å². The molecule has 1 saturated heterocycles. The van der Waals surface area contributed by atoms with Gasteiger partial charge in [-0.1, -0.05) is 0 Å². The average molecular weight is 344 g/mol. The number of nitrogens with zero attached hydrogens (tertiary/aromatic N) is 1. The van der Waals surface area contributed by atoms with Gasteiger partial charge >= 0.3 is 11.9 Å². The molecule has 0 aromatic carbocycles. The van der Waals surface area contributed by atoms with E-state index in [2.05, 4.69) is 10.2 Å². The number of morpholine rings is 1. The van der Waals surface area contributed by atoms with Crippen molar-refractivity contribution in [1.82, 2.24) is 10.2 Å². The van der Waals surface area contributed by atoms with Crippen molar-refractivity contribution >= 4 is 17.8 Å².